The van der Waals surface area contributed by atoms with Crippen molar-refractivity contribution in [1.82, 2.24) is 0 Å². The second-order valence-electron chi connectivity index (χ2n) is 5.18. The van der Waals surface area contributed by atoms with Crippen LogP contribution in [0.5, 0.6) is 0 Å². The van der Waals surface area contributed by atoms with Gasteiger partial charge in [-0.05, 0) is 41.2 Å². The molecule has 92 valence electrons. The first-order valence-electron chi connectivity index (χ1n) is 6.26. The van der Waals surface area contributed by atoms with E-state index in [1.807, 2.05) is 6.07 Å². The van der Waals surface area contributed by atoms with E-state index in [0.29, 0.717) is 0 Å². The minimum Gasteiger partial charge on any atom is -0.384 e. The molecule has 1 unspecified atom stereocenters. The SMILES string of the molecule is CC(O)(CN)c1ccc2c(c1)Cc1ccccc1-2. The third kappa shape index (κ3) is 1.65. The van der Waals surface area contributed by atoms with Crippen molar-refractivity contribution in [1.29, 1.82) is 0 Å². The average Bonchev–Trinajstić information content (AvgIpc) is 2.76. The van der Waals surface area contributed by atoms with Crippen LogP contribution < -0.4 is 5.73 Å². The van der Waals surface area contributed by atoms with Gasteiger partial charge in [0.2, 0.25) is 0 Å². The molecular weight excluding hydrogens is 222 g/mol. The van der Waals surface area contributed by atoms with Crippen LogP contribution in [0, 0.1) is 0 Å². The standard InChI is InChI=1S/C16H17NO/c1-16(18,10-17)13-6-7-15-12(9-13)8-11-4-2-3-5-14(11)15/h2-7,9,18H,8,10,17H2,1H3. The average molecular weight is 239 g/mol. The van der Waals surface area contributed by atoms with Gasteiger partial charge in [-0.3, -0.25) is 0 Å². The predicted octanol–water partition coefficient (Wildman–Crippen LogP) is 2.42. The van der Waals surface area contributed by atoms with Crippen molar-refractivity contribution in [2.75, 3.05) is 6.54 Å². The van der Waals surface area contributed by atoms with Crippen molar-refractivity contribution in [2.24, 2.45) is 5.73 Å². The van der Waals surface area contributed by atoms with E-state index in [0.717, 1.165) is 12.0 Å². The number of aliphatic hydroxyl groups is 1. The summed E-state index contributed by atoms with van der Waals surface area (Å²) in [4.78, 5) is 0. The van der Waals surface area contributed by atoms with Gasteiger partial charge in [0, 0.05) is 6.54 Å². The molecular formula is C16H17NO. The zero-order chi connectivity index (χ0) is 12.8. The number of benzene rings is 2. The molecule has 0 aliphatic heterocycles. The van der Waals surface area contributed by atoms with E-state index < -0.39 is 5.60 Å². The Labute approximate surface area is 107 Å². The highest BCUT2D eigenvalue weighted by molar-refractivity contribution is 5.77. The molecule has 0 aromatic heterocycles. The first-order valence-corrected chi connectivity index (χ1v) is 6.26. The Hall–Kier alpha value is -1.64. The zero-order valence-electron chi connectivity index (χ0n) is 10.5. The second kappa shape index (κ2) is 3.94. The minimum atomic E-state index is -0.941. The summed E-state index contributed by atoms with van der Waals surface area (Å²) in [5, 5.41) is 10.2. The summed E-state index contributed by atoms with van der Waals surface area (Å²) < 4.78 is 0. The Balaban J connectivity index is 2.09. The van der Waals surface area contributed by atoms with Crippen molar-refractivity contribution < 1.29 is 5.11 Å². The van der Waals surface area contributed by atoms with Crippen molar-refractivity contribution in [3.63, 3.8) is 0 Å². The molecule has 1 aliphatic carbocycles. The first kappa shape index (κ1) is 11.5. The lowest BCUT2D eigenvalue weighted by molar-refractivity contribution is 0.0668. The maximum atomic E-state index is 10.2. The van der Waals surface area contributed by atoms with Gasteiger partial charge in [-0.15, -0.1) is 0 Å². The summed E-state index contributed by atoms with van der Waals surface area (Å²) in [5.41, 5.74) is 10.8. The molecule has 1 aliphatic rings. The summed E-state index contributed by atoms with van der Waals surface area (Å²) in [6.45, 7) is 2.00. The topological polar surface area (TPSA) is 46.2 Å². The molecule has 0 bridgehead atoms. The van der Waals surface area contributed by atoms with Gasteiger partial charge in [0.25, 0.3) is 0 Å². The van der Waals surface area contributed by atoms with Crippen LogP contribution in [-0.2, 0) is 12.0 Å². The van der Waals surface area contributed by atoms with Crippen molar-refractivity contribution in [2.45, 2.75) is 18.9 Å². The molecule has 2 aromatic carbocycles. The third-order valence-electron chi connectivity index (χ3n) is 3.81. The highest BCUT2D eigenvalue weighted by Gasteiger charge is 2.24. The Morgan fingerprint density at radius 1 is 1.11 bits per heavy atom. The van der Waals surface area contributed by atoms with Gasteiger partial charge in [0.1, 0.15) is 0 Å². The predicted molar refractivity (Wildman–Crippen MR) is 73.3 cm³/mol. The Kier molecular flexibility index (Phi) is 2.51. The molecule has 3 rings (SSSR count). The molecule has 18 heavy (non-hydrogen) atoms. The second-order valence-corrected chi connectivity index (χ2v) is 5.18. The quantitative estimate of drug-likeness (QED) is 0.721. The third-order valence-corrected chi connectivity index (χ3v) is 3.81. The fourth-order valence-corrected chi connectivity index (χ4v) is 2.60. The summed E-state index contributed by atoms with van der Waals surface area (Å²) in [6, 6.07) is 14.6. The molecule has 0 radical (unpaired) electrons. The lowest BCUT2D eigenvalue weighted by atomic mass is 9.92. The highest BCUT2D eigenvalue weighted by Crippen LogP contribution is 2.38. The van der Waals surface area contributed by atoms with Crippen LogP contribution in [0.1, 0.15) is 23.6 Å². The zero-order valence-corrected chi connectivity index (χ0v) is 10.5. The van der Waals surface area contributed by atoms with Gasteiger partial charge in [0.05, 0.1) is 5.60 Å². The van der Waals surface area contributed by atoms with Crippen LogP contribution in [0.15, 0.2) is 42.5 Å². The summed E-state index contributed by atoms with van der Waals surface area (Å²) in [7, 11) is 0. The van der Waals surface area contributed by atoms with Crippen LogP contribution >= 0.6 is 0 Å². The smallest absolute Gasteiger partial charge is 0.0990 e. The Bertz CT molecular complexity index is 602. The first-order chi connectivity index (χ1) is 8.62. The Morgan fingerprint density at radius 3 is 2.61 bits per heavy atom. The maximum absolute atomic E-state index is 10.2. The Morgan fingerprint density at radius 2 is 1.83 bits per heavy atom. The highest BCUT2D eigenvalue weighted by atomic mass is 16.3. The lowest BCUT2D eigenvalue weighted by Gasteiger charge is -2.22. The monoisotopic (exact) mass is 239 g/mol. The largest absolute Gasteiger partial charge is 0.384 e. The van der Waals surface area contributed by atoms with E-state index >= 15 is 0 Å². The fourth-order valence-electron chi connectivity index (χ4n) is 2.60. The van der Waals surface area contributed by atoms with E-state index in [1.54, 1.807) is 6.92 Å². The molecule has 2 heteroatoms. The van der Waals surface area contributed by atoms with Crippen molar-refractivity contribution in [3.05, 3.63) is 59.2 Å². The number of fused-ring (bicyclic) bond motifs is 3. The summed E-state index contributed by atoms with van der Waals surface area (Å²) in [6.07, 6.45) is 0.944. The normalized spacial score (nSPS) is 15.9. The number of hydrogen-bond acceptors (Lipinski definition) is 2. The van der Waals surface area contributed by atoms with E-state index in [1.165, 1.54) is 22.3 Å². The molecule has 0 spiro atoms. The van der Waals surface area contributed by atoms with Crippen LogP contribution in [0.4, 0.5) is 0 Å². The minimum absolute atomic E-state index is 0.235. The van der Waals surface area contributed by atoms with Gasteiger partial charge in [-0.2, -0.15) is 0 Å². The fraction of sp³-hybridized carbons (Fsp3) is 0.250. The van der Waals surface area contributed by atoms with E-state index in [4.69, 9.17) is 5.73 Å². The molecule has 2 aromatic rings. The van der Waals surface area contributed by atoms with E-state index in [-0.39, 0.29) is 6.54 Å². The number of hydrogen-bond donors (Lipinski definition) is 2. The summed E-state index contributed by atoms with van der Waals surface area (Å²) in [5.74, 6) is 0. The van der Waals surface area contributed by atoms with Gasteiger partial charge in [0.15, 0.2) is 0 Å². The molecule has 1 atom stereocenters. The van der Waals surface area contributed by atoms with E-state index in [9.17, 15) is 5.11 Å². The summed E-state index contributed by atoms with van der Waals surface area (Å²) >= 11 is 0. The van der Waals surface area contributed by atoms with Gasteiger partial charge in [-0.25, -0.2) is 0 Å². The molecule has 0 saturated heterocycles. The molecule has 3 N–H and O–H groups in total. The van der Waals surface area contributed by atoms with Gasteiger partial charge < -0.3 is 10.8 Å². The van der Waals surface area contributed by atoms with Crippen LogP contribution in [0.3, 0.4) is 0 Å². The molecule has 0 fully saturated rings. The van der Waals surface area contributed by atoms with Crippen molar-refractivity contribution in [3.8, 4) is 11.1 Å². The number of rotatable bonds is 2. The van der Waals surface area contributed by atoms with E-state index in [2.05, 4.69) is 36.4 Å². The number of nitrogens with two attached hydrogens (primary N) is 1. The maximum Gasteiger partial charge on any atom is 0.0990 e. The van der Waals surface area contributed by atoms with Crippen molar-refractivity contribution >= 4 is 0 Å². The van der Waals surface area contributed by atoms with Gasteiger partial charge >= 0.3 is 0 Å². The molecule has 2 nitrogen and oxygen atoms in total. The lowest BCUT2D eigenvalue weighted by Crippen LogP contribution is -2.31. The van der Waals surface area contributed by atoms with Crippen LogP contribution in [0.25, 0.3) is 11.1 Å². The molecule has 0 amide bonds. The van der Waals surface area contributed by atoms with Gasteiger partial charge in [-0.1, -0.05) is 42.5 Å². The molecule has 0 saturated carbocycles. The van der Waals surface area contributed by atoms with Crippen LogP contribution in [-0.4, -0.2) is 11.7 Å². The molecule has 0 heterocycles. The van der Waals surface area contributed by atoms with Crippen LogP contribution in [0.2, 0.25) is 0 Å².